The van der Waals surface area contributed by atoms with Crippen molar-refractivity contribution in [2.45, 2.75) is 97.9 Å². The summed E-state index contributed by atoms with van der Waals surface area (Å²) in [6.07, 6.45) is 2.04. The van der Waals surface area contributed by atoms with Crippen molar-refractivity contribution in [3.63, 3.8) is 0 Å². The molecule has 1 aromatic rings. The number of carbonyl (C=O) groups excluding carboxylic acids is 3. The number of aryl methyl sites for hydroxylation is 1. The van der Waals surface area contributed by atoms with Crippen LogP contribution < -0.4 is 10.6 Å². The van der Waals surface area contributed by atoms with Crippen LogP contribution in [0, 0.1) is 6.92 Å². The van der Waals surface area contributed by atoms with E-state index < -0.39 is 41.8 Å². The summed E-state index contributed by atoms with van der Waals surface area (Å²) in [7, 11) is 0. The van der Waals surface area contributed by atoms with E-state index in [9.17, 15) is 19.5 Å². The van der Waals surface area contributed by atoms with Gasteiger partial charge in [-0.25, -0.2) is 4.79 Å². The van der Waals surface area contributed by atoms with Crippen molar-refractivity contribution in [2.75, 3.05) is 13.2 Å². The molecule has 0 radical (unpaired) electrons. The molecule has 2 unspecified atom stereocenters. The van der Waals surface area contributed by atoms with E-state index in [1.165, 1.54) is 4.90 Å². The van der Waals surface area contributed by atoms with Gasteiger partial charge in [0.15, 0.2) is 0 Å². The maximum atomic E-state index is 13.7. The van der Waals surface area contributed by atoms with Crippen molar-refractivity contribution in [1.29, 1.82) is 0 Å². The molecule has 0 fully saturated rings. The summed E-state index contributed by atoms with van der Waals surface area (Å²) in [5.74, 6) is -0.882. The van der Waals surface area contributed by atoms with E-state index >= 15 is 0 Å². The minimum absolute atomic E-state index is 0.308. The topological polar surface area (TPSA) is 108 Å². The fourth-order valence-electron chi connectivity index (χ4n) is 3.50. The predicted molar refractivity (Wildman–Crippen MR) is 133 cm³/mol. The van der Waals surface area contributed by atoms with Crippen molar-refractivity contribution in [2.24, 2.45) is 0 Å². The zero-order chi connectivity index (χ0) is 26.1. The molecule has 3 amide bonds. The molecule has 0 aromatic heterocycles. The van der Waals surface area contributed by atoms with Crippen molar-refractivity contribution in [3.05, 3.63) is 35.4 Å². The molecule has 8 nitrogen and oxygen atoms in total. The van der Waals surface area contributed by atoms with Gasteiger partial charge in [0.2, 0.25) is 11.8 Å². The molecule has 1 aromatic carbocycles. The fourth-order valence-corrected chi connectivity index (χ4v) is 3.50. The van der Waals surface area contributed by atoms with Gasteiger partial charge in [0.25, 0.3) is 0 Å². The summed E-state index contributed by atoms with van der Waals surface area (Å²) >= 11 is 0. The summed E-state index contributed by atoms with van der Waals surface area (Å²) in [4.78, 5) is 40.9. The van der Waals surface area contributed by atoms with E-state index in [4.69, 9.17) is 4.74 Å². The van der Waals surface area contributed by atoms with Crippen molar-refractivity contribution < 1.29 is 24.2 Å². The van der Waals surface area contributed by atoms with Gasteiger partial charge in [-0.15, -0.1) is 0 Å². The smallest absolute Gasteiger partial charge is 0.408 e. The van der Waals surface area contributed by atoms with Crippen LogP contribution in [-0.4, -0.2) is 58.2 Å². The van der Waals surface area contributed by atoms with Crippen molar-refractivity contribution >= 4 is 17.9 Å². The summed E-state index contributed by atoms with van der Waals surface area (Å²) in [5.41, 5.74) is 0.117. The fraction of sp³-hybridized carbons (Fsp3) is 0.654. The predicted octanol–water partition coefficient (Wildman–Crippen LogP) is 3.86. The summed E-state index contributed by atoms with van der Waals surface area (Å²) in [6, 6.07) is 5.22. The van der Waals surface area contributed by atoms with Crippen molar-refractivity contribution in [1.82, 2.24) is 15.5 Å². The molecule has 34 heavy (non-hydrogen) atoms. The molecule has 0 aliphatic heterocycles. The quantitative estimate of drug-likeness (QED) is 0.444. The highest BCUT2D eigenvalue weighted by Crippen LogP contribution is 2.30. The molecular weight excluding hydrogens is 434 g/mol. The van der Waals surface area contributed by atoms with Crippen LogP contribution in [0.2, 0.25) is 0 Å². The van der Waals surface area contributed by atoms with E-state index in [0.29, 0.717) is 12.1 Å². The number of nitrogens with one attached hydrogen (secondary N) is 2. The van der Waals surface area contributed by atoms with E-state index in [1.807, 2.05) is 52.0 Å². The number of rotatable bonds is 10. The average molecular weight is 478 g/mol. The number of alkyl carbamates (subject to hydrolysis) is 1. The molecule has 0 saturated carbocycles. The largest absolute Gasteiger partial charge is 0.444 e. The highest BCUT2D eigenvalue weighted by molar-refractivity contribution is 5.92. The van der Waals surface area contributed by atoms with Gasteiger partial charge in [-0.05, 0) is 60.5 Å². The number of hydrogen-bond acceptors (Lipinski definition) is 5. The van der Waals surface area contributed by atoms with E-state index in [2.05, 4.69) is 17.6 Å². The molecule has 1 rings (SSSR count). The summed E-state index contributed by atoms with van der Waals surface area (Å²) < 4.78 is 5.26. The van der Waals surface area contributed by atoms with Gasteiger partial charge in [-0.1, -0.05) is 49.6 Å². The normalized spacial score (nSPS) is 13.6. The monoisotopic (exact) mass is 477 g/mol. The van der Waals surface area contributed by atoms with Gasteiger partial charge in [-0.2, -0.15) is 0 Å². The molecule has 0 spiro atoms. The second-order valence-corrected chi connectivity index (χ2v) is 10.6. The average Bonchev–Trinajstić information content (AvgIpc) is 2.71. The van der Waals surface area contributed by atoms with E-state index in [1.54, 1.807) is 20.8 Å². The maximum absolute atomic E-state index is 13.7. The Morgan fingerprint density at radius 3 is 2.09 bits per heavy atom. The summed E-state index contributed by atoms with van der Waals surface area (Å²) in [6.45, 7) is 14.5. The highest BCUT2D eigenvalue weighted by Gasteiger charge is 2.41. The first-order valence-electron chi connectivity index (χ1n) is 12.0. The maximum Gasteiger partial charge on any atom is 0.408 e. The number of carbonyl (C=O) groups is 3. The lowest BCUT2D eigenvalue weighted by Crippen LogP contribution is -2.59. The van der Waals surface area contributed by atoms with Gasteiger partial charge in [0.05, 0.1) is 6.61 Å². The molecule has 192 valence electrons. The Kier molecular flexibility index (Phi) is 11.0. The second-order valence-electron chi connectivity index (χ2n) is 10.6. The lowest BCUT2D eigenvalue weighted by molar-refractivity contribution is -0.149. The molecule has 0 aliphatic carbocycles. The zero-order valence-corrected chi connectivity index (χ0v) is 22.0. The van der Waals surface area contributed by atoms with Crippen LogP contribution in [0.25, 0.3) is 0 Å². The van der Waals surface area contributed by atoms with Gasteiger partial charge < -0.3 is 25.4 Å². The van der Waals surface area contributed by atoms with Crippen LogP contribution in [0.4, 0.5) is 4.79 Å². The van der Waals surface area contributed by atoms with Crippen LogP contribution in [0.1, 0.15) is 84.9 Å². The number of aliphatic hydroxyl groups excluding tert-OH is 1. The minimum atomic E-state index is -1.27. The molecule has 3 N–H and O–H groups in total. The number of hydrogen-bond donors (Lipinski definition) is 3. The number of benzene rings is 1. The lowest BCUT2D eigenvalue weighted by Gasteiger charge is -2.42. The Morgan fingerprint density at radius 2 is 1.62 bits per heavy atom. The number of ether oxygens (including phenoxy) is 1. The SMILES string of the molecule is CCCCCNC(=O)C(c1ccc(C)cc1)N(C(=O)C(CO)NC(=O)OC(C)(C)C)C(C)(C)C. The Morgan fingerprint density at radius 1 is 1.03 bits per heavy atom. The van der Waals surface area contributed by atoms with E-state index in [-0.39, 0.29) is 5.91 Å². The molecule has 0 bridgehead atoms. The molecule has 8 heteroatoms. The molecule has 0 heterocycles. The standard InChI is InChI=1S/C26H43N3O5/c1-9-10-11-16-27-22(31)21(19-14-12-18(2)13-15-19)29(25(3,4)5)23(32)20(17-30)28-24(33)34-26(6,7)8/h12-15,20-21,30H,9-11,16-17H2,1-8H3,(H,27,31)(H,28,33). The third kappa shape index (κ3) is 9.33. The van der Waals surface area contributed by atoms with Gasteiger partial charge in [0.1, 0.15) is 17.7 Å². The third-order valence-corrected chi connectivity index (χ3v) is 5.11. The summed E-state index contributed by atoms with van der Waals surface area (Å²) in [5, 5.41) is 15.4. The van der Waals surface area contributed by atoms with E-state index in [0.717, 1.165) is 24.8 Å². The number of amides is 3. The number of nitrogens with zero attached hydrogens (tertiary/aromatic N) is 1. The van der Waals surface area contributed by atoms with Crippen LogP contribution in [0.15, 0.2) is 24.3 Å². The molecule has 0 saturated heterocycles. The minimum Gasteiger partial charge on any atom is -0.444 e. The first-order valence-corrected chi connectivity index (χ1v) is 12.0. The first-order chi connectivity index (χ1) is 15.7. The van der Waals surface area contributed by atoms with Gasteiger partial charge in [-0.3, -0.25) is 9.59 Å². The third-order valence-electron chi connectivity index (χ3n) is 5.11. The van der Waals surface area contributed by atoms with Gasteiger partial charge in [0, 0.05) is 12.1 Å². The first kappa shape index (κ1) is 29.4. The van der Waals surface area contributed by atoms with Gasteiger partial charge >= 0.3 is 6.09 Å². The lowest BCUT2D eigenvalue weighted by atomic mass is 9.95. The molecule has 0 aliphatic rings. The van der Waals surface area contributed by atoms with Crippen LogP contribution in [-0.2, 0) is 14.3 Å². The Labute approximate surface area is 204 Å². The second kappa shape index (κ2) is 12.7. The Hall–Kier alpha value is -2.61. The highest BCUT2D eigenvalue weighted by atomic mass is 16.6. The molecule has 2 atom stereocenters. The Balaban J connectivity index is 3.36. The molecular formula is C26H43N3O5. The van der Waals surface area contributed by atoms with Crippen LogP contribution in [0.3, 0.4) is 0 Å². The number of aliphatic hydroxyl groups is 1. The van der Waals surface area contributed by atoms with Crippen LogP contribution >= 0.6 is 0 Å². The van der Waals surface area contributed by atoms with Crippen LogP contribution in [0.5, 0.6) is 0 Å². The Bertz CT molecular complexity index is 809. The van der Waals surface area contributed by atoms with Crippen molar-refractivity contribution in [3.8, 4) is 0 Å². The number of unbranched alkanes of at least 4 members (excludes halogenated alkanes) is 2. The zero-order valence-electron chi connectivity index (χ0n) is 22.0.